The molecule has 0 radical (unpaired) electrons. The van der Waals surface area contributed by atoms with Gasteiger partial charge in [0.05, 0.1) is 29.3 Å². The van der Waals surface area contributed by atoms with Gasteiger partial charge in [-0.05, 0) is 24.4 Å². The molecule has 0 spiro atoms. The first-order chi connectivity index (χ1) is 8.48. The fourth-order valence-corrected chi connectivity index (χ4v) is 4.83. The number of phenolic OH excluding ortho intramolecular Hbond substituents is 1. The molecule has 0 saturated carbocycles. The van der Waals surface area contributed by atoms with Crippen LogP contribution in [0.2, 0.25) is 0 Å². The van der Waals surface area contributed by atoms with Crippen molar-refractivity contribution < 1.29 is 13.5 Å². The zero-order chi connectivity index (χ0) is 12.9. The molecule has 2 aliphatic heterocycles. The van der Waals surface area contributed by atoms with E-state index in [1.165, 1.54) is 0 Å². The maximum absolute atomic E-state index is 11.6. The van der Waals surface area contributed by atoms with Crippen LogP contribution in [0.4, 0.5) is 5.69 Å². The predicted octanol–water partition coefficient (Wildman–Crippen LogP) is 0.252. The summed E-state index contributed by atoms with van der Waals surface area (Å²) in [4.78, 5) is 1.71. The van der Waals surface area contributed by atoms with Gasteiger partial charge in [0.1, 0.15) is 5.75 Å². The summed E-state index contributed by atoms with van der Waals surface area (Å²) in [6.45, 7) is 0. The van der Waals surface area contributed by atoms with Crippen molar-refractivity contribution in [3.63, 3.8) is 0 Å². The molecular formula is C11H12N2O3S2. The number of para-hydroxylation sites is 2. The van der Waals surface area contributed by atoms with Crippen molar-refractivity contribution in [3.05, 3.63) is 24.3 Å². The van der Waals surface area contributed by atoms with Crippen molar-refractivity contribution in [1.82, 2.24) is 5.32 Å². The molecule has 2 atom stereocenters. The highest BCUT2D eigenvalue weighted by Crippen LogP contribution is 2.34. The number of sulfone groups is 1. The monoisotopic (exact) mass is 284 g/mol. The van der Waals surface area contributed by atoms with Gasteiger partial charge in [-0.25, -0.2) is 8.42 Å². The Morgan fingerprint density at radius 1 is 1.33 bits per heavy atom. The van der Waals surface area contributed by atoms with Gasteiger partial charge in [0.25, 0.3) is 0 Å². The third kappa shape index (κ3) is 1.74. The number of thiocarbonyl (C=S) groups is 1. The highest BCUT2D eigenvalue weighted by molar-refractivity contribution is 7.91. The molecule has 3 rings (SSSR count). The van der Waals surface area contributed by atoms with Gasteiger partial charge in [-0.1, -0.05) is 12.1 Å². The van der Waals surface area contributed by atoms with Gasteiger partial charge in [-0.15, -0.1) is 0 Å². The number of rotatable bonds is 1. The summed E-state index contributed by atoms with van der Waals surface area (Å²) in [5.41, 5.74) is 0.555. The highest BCUT2D eigenvalue weighted by atomic mass is 32.2. The first-order valence-electron chi connectivity index (χ1n) is 5.56. The normalized spacial score (nSPS) is 29.1. The second-order valence-electron chi connectivity index (χ2n) is 4.56. The van der Waals surface area contributed by atoms with Crippen molar-refractivity contribution in [2.75, 3.05) is 16.4 Å². The van der Waals surface area contributed by atoms with Gasteiger partial charge in [0.2, 0.25) is 0 Å². The molecule has 2 N–H and O–H groups in total. The van der Waals surface area contributed by atoms with Crippen molar-refractivity contribution in [2.45, 2.75) is 12.1 Å². The number of phenols is 1. The summed E-state index contributed by atoms with van der Waals surface area (Å²) in [6.07, 6.45) is 0. The molecule has 18 heavy (non-hydrogen) atoms. The van der Waals surface area contributed by atoms with Gasteiger partial charge < -0.3 is 15.3 Å². The Kier molecular flexibility index (Phi) is 2.49. The lowest BCUT2D eigenvalue weighted by Gasteiger charge is -2.23. The standard InChI is InChI=1S/C11H12N2O3S2/c14-10-4-2-1-3-8(10)13-9-6-18(15,16)5-7(9)12-11(13)17/h1-4,7,9,14H,5-6H2,(H,12,17)/t7-,9-/m0/s1. The second kappa shape index (κ2) is 3.83. The number of benzene rings is 1. The molecule has 0 unspecified atom stereocenters. The van der Waals surface area contributed by atoms with E-state index in [1.54, 1.807) is 29.2 Å². The molecule has 0 aromatic heterocycles. The summed E-state index contributed by atoms with van der Waals surface area (Å²) in [7, 11) is -3.03. The second-order valence-corrected chi connectivity index (χ2v) is 7.10. The van der Waals surface area contributed by atoms with Crippen LogP contribution in [-0.4, -0.2) is 42.2 Å². The molecule has 0 aliphatic carbocycles. The first kappa shape index (κ1) is 11.7. The number of nitrogens with one attached hydrogen (secondary N) is 1. The molecule has 1 aromatic rings. The van der Waals surface area contributed by atoms with E-state index in [-0.39, 0.29) is 29.3 Å². The first-order valence-corrected chi connectivity index (χ1v) is 7.79. The zero-order valence-corrected chi connectivity index (χ0v) is 11.0. The van der Waals surface area contributed by atoms with Crippen molar-refractivity contribution in [1.29, 1.82) is 0 Å². The molecule has 2 heterocycles. The van der Waals surface area contributed by atoms with E-state index in [1.807, 2.05) is 0 Å². The van der Waals surface area contributed by atoms with E-state index in [0.29, 0.717) is 10.8 Å². The quantitative estimate of drug-likeness (QED) is 0.721. The predicted molar refractivity (Wildman–Crippen MR) is 72.5 cm³/mol. The lowest BCUT2D eigenvalue weighted by Crippen LogP contribution is -2.36. The minimum atomic E-state index is -3.03. The average molecular weight is 284 g/mol. The van der Waals surface area contributed by atoms with Gasteiger partial charge in [0.15, 0.2) is 14.9 Å². The molecule has 2 fully saturated rings. The summed E-state index contributed by atoms with van der Waals surface area (Å²) >= 11 is 5.22. The Hall–Kier alpha value is -1.34. The van der Waals surface area contributed by atoms with Crippen molar-refractivity contribution in [2.24, 2.45) is 0 Å². The number of anilines is 1. The Balaban J connectivity index is 2.02. The van der Waals surface area contributed by atoms with Crippen LogP contribution in [0.25, 0.3) is 0 Å². The van der Waals surface area contributed by atoms with Gasteiger partial charge in [-0.3, -0.25) is 0 Å². The Labute approximate surface area is 110 Å². The molecular weight excluding hydrogens is 272 g/mol. The van der Waals surface area contributed by atoms with Crippen LogP contribution in [0, 0.1) is 0 Å². The lowest BCUT2D eigenvalue weighted by atomic mass is 10.1. The smallest absolute Gasteiger partial charge is 0.174 e. The van der Waals surface area contributed by atoms with Crippen LogP contribution < -0.4 is 10.2 Å². The van der Waals surface area contributed by atoms with E-state index in [4.69, 9.17) is 12.2 Å². The minimum absolute atomic E-state index is 0.0686. The largest absolute Gasteiger partial charge is 0.506 e. The molecule has 96 valence electrons. The van der Waals surface area contributed by atoms with E-state index >= 15 is 0 Å². The molecule has 7 heteroatoms. The third-order valence-corrected chi connectivity index (χ3v) is 5.35. The number of fused-ring (bicyclic) bond motifs is 1. The third-order valence-electron chi connectivity index (χ3n) is 3.32. The molecule has 5 nitrogen and oxygen atoms in total. The van der Waals surface area contributed by atoms with E-state index in [0.717, 1.165) is 0 Å². The van der Waals surface area contributed by atoms with E-state index < -0.39 is 9.84 Å². The van der Waals surface area contributed by atoms with Crippen LogP contribution in [0.1, 0.15) is 0 Å². The topological polar surface area (TPSA) is 69.6 Å². The van der Waals surface area contributed by atoms with Gasteiger partial charge in [0, 0.05) is 0 Å². The number of nitrogens with zero attached hydrogens (tertiary/aromatic N) is 1. The number of hydrogen-bond acceptors (Lipinski definition) is 4. The summed E-state index contributed by atoms with van der Waals surface area (Å²) < 4.78 is 23.3. The number of aromatic hydroxyl groups is 1. The van der Waals surface area contributed by atoms with Gasteiger partial charge >= 0.3 is 0 Å². The average Bonchev–Trinajstić information content (AvgIpc) is 2.70. The Morgan fingerprint density at radius 2 is 2.06 bits per heavy atom. The lowest BCUT2D eigenvalue weighted by molar-refractivity contribution is 0.474. The molecule has 1 aromatic carbocycles. The number of hydrogen-bond donors (Lipinski definition) is 2. The zero-order valence-electron chi connectivity index (χ0n) is 9.41. The Bertz CT molecular complexity index is 614. The fraction of sp³-hybridized carbons (Fsp3) is 0.364. The molecule has 2 saturated heterocycles. The highest BCUT2D eigenvalue weighted by Gasteiger charge is 2.48. The summed E-state index contributed by atoms with van der Waals surface area (Å²) in [5, 5.41) is 13.3. The summed E-state index contributed by atoms with van der Waals surface area (Å²) in [6, 6.07) is 6.39. The van der Waals surface area contributed by atoms with Crippen molar-refractivity contribution in [3.8, 4) is 5.75 Å². The SMILES string of the molecule is O=S1(=O)C[C@@H]2NC(=S)N(c3ccccc3O)[C@H]2C1. The molecule has 0 amide bonds. The maximum Gasteiger partial charge on any atom is 0.174 e. The van der Waals surface area contributed by atoms with E-state index in [2.05, 4.69) is 5.32 Å². The van der Waals surface area contributed by atoms with Crippen LogP contribution in [0.15, 0.2) is 24.3 Å². The summed E-state index contributed by atoms with van der Waals surface area (Å²) in [5.74, 6) is 0.271. The fourth-order valence-electron chi connectivity index (χ4n) is 2.56. The van der Waals surface area contributed by atoms with Crippen LogP contribution in [0.3, 0.4) is 0 Å². The molecule has 0 bridgehead atoms. The van der Waals surface area contributed by atoms with Crippen LogP contribution >= 0.6 is 12.2 Å². The van der Waals surface area contributed by atoms with Crippen LogP contribution in [-0.2, 0) is 9.84 Å². The Morgan fingerprint density at radius 3 is 2.78 bits per heavy atom. The maximum atomic E-state index is 11.6. The molecule has 2 aliphatic rings. The van der Waals surface area contributed by atoms with Gasteiger partial charge in [-0.2, -0.15) is 0 Å². The van der Waals surface area contributed by atoms with E-state index in [9.17, 15) is 13.5 Å². The minimum Gasteiger partial charge on any atom is -0.506 e. The van der Waals surface area contributed by atoms with Crippen molar-refractivity contribution >= 4 is 32.9 Å². The van der Waals surface area contributed by atoms with Crippen LogP contribution in [0.5, 0.6) is 5.75 Å².